The van der Waals surface area contributed by atoms with Crippen LogP contribution in [0.15, 0.2) is 24.3 Å². The van der Waals surface area contributed by atoms with E-state index in [1.165, 1.54) is 50.6 Å². The second-order valence-electron chi connectivity index (χ2n) is 6.63. The summed E-state index contributed by atoms with van der Waals surface area (Å²) in [4.78, 5) is 2.52. The predicted molar refractivity (Wildman–Crippen MR) is 88.0 cm³/mol. The van der Waals surface area contributed by atoms with E-state index < -0.39 is 0 Å². The first-order valence-corrected chi connectivity index (χ1v) is 8.79. The van der Waals surface area contributed by atoms with Gasteiger partial charge < -0.3 is 9.64 Å². The topological polar surface area (TPSA) is 12.5 Å². The van der Waals surface area contributed by atoms with Gasteiger partial charge in [-0.15, -0.1) is 0 Å². The van der Waals surface area contributed by atoms with Crippen LogP contribution in [-0.2, 0) is 0 Å². The minimum atomic E-state index is 0.106. The normalized spacial score (nSPS) is 27.3. The Balaban J connectivity index is 1.70. The summed E-state index contributed by atoms with van der Waals surface area (Å²) in [7, 11) is 0. The molecule has 0 amide bonds. The lowest BCUT2D eigenvalue weighted by molar-refractivity contribution is 0.0231. The smallest absolute Gasteiger partial charge is 0.123 e. The summed E-state index contributed by atoms with van der Waals surface area (Å²) in [5, 5.41) is 0. The molecule has 2 aliphatic rings. The van der Waals surface area contributed by atoms with Gasteiger partial charge in [0, 0.05) is 11.5 Å². The Morgan fingerprint density at radius 1 is 1.19 bits per heavy atom. The molecule has 2 heteroatoms. The van der Waals surface area contributed by atoms with E-state index >= 15 is 0 Å². The highest BCUT2D eigenvalue weighted by atomic mass is 16.5. The Morgan fingerprint density at radius 2 is 2.00 bits per heavy atom. The van der Waals surface area contributed by atoms with Gasteiger partial charge in [0.1, 0.15) is 11.4 Å². The largest absolute Gasteiger partial charge is 0.486 e. The van der Waals surface area contributed by atoms with Gasteiger partial charge in [-0.25, -0.2) is 0 Å². The van der Waals surface area contributed by atoms with Crippen molar-refractivity contribution in [2.45, 2.75) is 63.9 Å². The van der Waals surface area contributed by atoms with Crippen molar-refractivity contribution in [3.63, 3.8) is 0 Å². The average molecular weight is 287 g/mol. The summed E-state index contributed by atoms with van der Waals surface area (Å²) in [5.74, 6) is 1.80. The Labute approximate surface area is 129 Å². The van der Waals surface area contributed by atoms with Crippen molar-refractivity contribution in [1.82, 2.24) is 4.90 Å². The second kappa shape index (κ2) is 6.39. The molecule has 0 N–H and O–H groups in total. The van der Waals surface area contributed by atoms with Gasteiger partial charge >= 0.3 is 0 Å². The van der Waals surface area contributed by atoms with E-state index in [2.05, 4.69) is 43.0 Å². The summed E-state index contributed by atoms with van der Waals surface area (Å²) in [6, 6.07) is 8.74. The van der Waals surface area contributed by atoms with Crippen LogP contribution in [0.5, 0.6) is 5.75 Å². The molecule has 0 spiro atoms. The zero-order chi connectivity index (χ0) is 14.7. The lowest BCUT2D eigenvalue weighted by Crippen LogP contribution is -2.41. The molecule has 1 heterocycles. The van der Waals surface area contributed by atoms with Crippen molar-refractivity contribution in [3.8, 4) is 5.75 Å². The Kier molecular flexibility index (Phi) is 4.54. The number of ether oxygens (including phenoxy) is 1. The molecule has 0 saturated heterocycles. The molecular weight excluding hydrogens is 258 g/mol. The first-order valence-electron chi connectivity index (χ1n) is 8.79. The Bertz CT molecular complexity index is 468. The third-order valence-electron chi connectivity index (χ3n) is 5.55. The highest BCUT2D eigenvalue weighted by molar-refractivity contribution is 5.43. The third-order valence-corrected chi connectivity index (χ3v) is 5.55. The number of benzene rings is 1. The summed E-state index contributed by atoms with van der Waals surface area (Å²) < 4.78 is 6.53. The van der Waals surface area contributed by atoms with Crippen molar-refractivity contribution in [1.29, 1.82) is 0 Å². The molecule has 0 aromatic heterocycles. The van der Waals surface area contributed by atoms with Crippen molar-refractivity contribution in [2.75, 3.05) is 19.6 Å². The van der Waals surface area contributed by atoms with Crippen LogP contribution in [0.3, 0.4) is 0 Å². The lowest BCUT2D eigenvalue weighted by atomic mass is 9.71. The lowest BCUT2D eigenvalue weighted by Gasteiger charge is -2.39. The van der Waals surface area contributed by atoms with E-state index in [0.717, 1.165) is 18.8 Å². The van der Waals surface area contributed by atoms with Gasteiger partial charge in [-0.2, -0.15) is 0 Å². The molecule has 0 unspecified atom stereocenters. The molecule has 116 valence electrons. The molecule has 1 aromatic rings. The maximum Gasteiger partial charge on any atom is 0.123 e. The van der Waals surface area contributed by atoms with Crippen LogP contribution in [0.1, 0.15) is 63.9 Å². The van der Waals surface area contributed by atoms with E-state index in [4.69, 9.17) is 4.74 Å². The number of nitrogens with zero attached hydrogens (tertiary/aromatic N) is 1. The van der Waals surface area contributed by atoms with Crippen LogP contribution in [0.25, 0.3) is 0 Å². The number of rotatable bonds is 6. The van der Waals surface area contributed by atoms with E-state index in [0.29, 0.717) is 5.92 Å². The van der Waals surface area contributed by atoms with Gasteiger partial charge in [0.05, 0.1) is 0 Å². The molecule has 1 aliphatic heterocycles. The molecule has 1 aromatic carbocycles. The summed E-state index contributed by atoms with van der Waals surface area (Å²) in [6.45, 7) is 8.05. The van der Waals surface area contributed by atoms with Crippen LogP contribution < -0.4 is 4.74 Å². The number of hydrogen-bond acceptors (Lipinski definition) is 2. The SMILES string of the molecule is CCN(CC)CCC[C@@]12CCCC[C@@H]1c1ccccc1O2. The van der Waals surface area contributed by atoms with Crippen LogP contribution in [0.4, 0.5) is 0 Å². The summed E-state index contributed by atoms with van der Waals surface area (Å²) >= 11 is 0. The van der Waals surface area contributed by atoms with Gasteiger partial charge in [-0.1, -0.05) is 38.5 Å². The van der Waals surface area contributed by atoms with Crippen molar-refractivity contribution in [3.05, 3.63) is 29.8 Å². The van der Waals surface area contributed by atoms with E-state index in [1.807, 2.05) is 0 Å². The maximum atomic E-state index is 6.53. The fraction of sp³-hybridized carbons (Fsp3) is 0.684. The molecule has 2 atom stereocenters. The molecule has 21 heavy (non-hydrogen) atoms. The highest BCUT2D eigenvalue weighted by Crippen LogP contribution is 2.53. The number of hydrogen-bond donors (Lipinski definition) is 0. The van der Waals surface area contributed by atoms with E-state index in [9.17, 15) is 0 Å². The van der Waals surface area contributed by atoms with E-state index in [-0.39, 0.29) is 5.60 Å². The predicted octanol–water partition coefficient (Wildman–Crippen LogP) is 4.60. The highest BCUT2D eigenvalue weighted by Gasteiger charge is 2.48. The minimum Gasteiger partial charge on any atom is -0.486 e. The minimum absolute atomic E-state index is 0.106. The van der Waals surface area contributed by atoms with Gasteiger partial charge in [-0.3, -0.25) is 0 Å². The summed E-state index contributed by atoms with van der Waals surface area (Å²) in [5.41, 5.74) is 1.58. The Morgan fingerprint density at radius 3 is 2.81 bits per heavy atom. The van der Waals surface area contributed by atoms with E-state index in [1.54, 1.807) is 0 Å². The van der Waals surface area contributed by atoms with Gasteiger partial charge in [0.15, 0.2) is 0 Å². The first-order chi connectivity index (χ1) is 10.3. The van der Waals surface area contributed by atoms with Crippen molar-refractivity contribution >= 4 is 0 Å². The van der Waals surface area contributed by atoms with Gasteiger partial charge in [0.25, 0.3) is 0 Å². The third kappa shape index (κ3) is 2.83. The van der Waals surface area contributed by atoms with Gasteiger partial charge in [0.2, 0.25) is 0 Å². The molecule has 1 fully saturated rings. The fourth-order valence-corrected chi connectivity index (χ4v) is 4.34. The van der Waals surface area contributed by atoms with Gasteiger partial charge in [-0.05, 0) is 57.8 Å². The van der Waals surface area contributed by atoms with Crippen molar-refractivity contribution in [2.24, 2.45) is 0 Å². The molecule has 2 nitrogen and oxygen atoms in total. The van der Waals surface area contributed by atoms with Crippen LogP contribution in [0, 0.1) is 0 Å². The standard InChI is InChI=1S/C19H29NO/c1-3-20(4-2)15-9-14-19-13-8-7-11-17(19)16-10-5-6-12-18(16)21-19/h5-6,10,12,17H,3-4,7-9,11,13-15H2,1-2H3/t17-,19+/m1/s1. The Hall–Kier alpha value is -1.02. The second-order valence-corrected chi connectivity index (χ2v) is 6.63. The summed E-state index contributed by atoms with van der Waals surface area (Å²) in [6.07, 6.45) is 7.71. The monoisotopic (exact) mass is 287 g/mol. The average Bonchev–Trinajstić information content (AvgIpc) is 2.86. The first kappa shape index (κ1) is 14.9. The zero-order valence-corrected chi connectivity index (χ0v) is 13.6. The molecule has 3 rings (SSSR count). The maximum absolute atomic E-state index is 6.53. The molecule has 1 saturated carbocycles. The van der Waals surface area contributed by atoms with Crippen LogP contribution in [-0.4, -0.2) is 30.1 Å². The van der Waals surface area contributed by atoms with Crippen LogP contribution in [0.2, 0.25) is 0 Å². The molecular formula is C19H29NO. The molecule has 0 radical (unpaired) electrons. The number of para-hydroxylation sites is 1. The molecule has 1 aliphatic carbocycles. The van der Waals surface area contributed by atoms with Crippen molar-refractivity contribution < 1.29 is 4.74 Å². The zero-order valence-electron chi connectivity index (χ0n) is 13.6. The number of fused-ring (bicyclic) bond motifs is 3. The van der Waals surface area contributed by atoms with Crippen LogP contribution >= 0.6 is 0 Å². The molecule has 0 bridgehead atoms. The fourth-order valence-electron chi connectivity index (χ4n) is 4.34. The quantitative estimate of drug-likeness (QED) is 0.758.